The molecule has 2 aliphatic rings. The monoisotopic (exact) mass is 269 g/mol. The molecule has 0 radical (unpaired) electrons. The van der Waals surface area contributed by atoms with E-state index in [1.807, 2.05) is 0 Å². The highest BCUT2D eigenvalue weighted by molar-refractivity contribution is 5.81. The SMILES string of the molecule is COC1CNC(=O)N1C.NC1(C(=O)O)C=CC=CC1. The van der Waals surface area contributed by atoms with Crippen molar-refractivity contribution in [2.24, 2.45) is 5.73 Å². The Morgan fingerprint density at radius 1 is 1.63 bits per heavy atom. The van der Waals surface area contributed by atoms with Gasteiger partial charge in [0.25, 0.3) is 0 Å². The van der Waals surface area contributed by atoms with E-state index in [4.69, 9.17) is 15.6 Å². The number of carbonyl (C=O) groups excluding carboxylic acids is 1. The molecular weight excluding hydrogens is 250 g/mol. The fraction of sp³-hybridized carbons (Fsp3) is 0.500. The van der Waals surface area contributed by atoms with E-state index in [0.717, 1.165) is 0 Å². The van der Waals surface area contributed by atoms with Crippen molar-refractivity contribution in [2.75, 3.05) is 20.7 Å². The van der Waals surface area contributed by atoms with Gasteiger partial charge in [-0.1, -0.05) is 24.3 Å². The zero-order chi connectivity index (χ0) is 14.5. The van der Waals surface area contributed by atoms with Crippen molar-refractivity contribution in [3.05, 3.63) is 24.3 Å². The van der Waals surface area contributed by atoms with Gasteiger partial charge in [0.1, 0.15) is 5.54 Å². The van der Waals surface area contributed by atoms with Crippen LogP contribution in [0.25, 0.3) is 0 Å². The molecule has 4 N–H and O–H groups in total. The minimum Gasteiger partial charge on any atom is -0.480 e. The lowest BCUT2D eigenvalue weighted by atomic mass is 9.93. The quantitative estimate of drug-likeness (QED) is 0.649. The summed E-state index contributed by atoms with van der Waals surface area (Å²) in [7, 11) is 3.29. The van der Waals surface area contributed by atoms with Crippen molar-refractivity contribution in [1.82, 2.24) is 10.2 Å². The first-order chi connectivity index (χ1) is 8.90. The van der Waals surface area contributed by atoms with E-state index in [2.05, 4.69) is 5.32 Å². The van der Waals surface area contributed by atoms with Crippen LogP contribution in [0.2, 0.25) is 0 Å². The molecule has 0 aromatic rings. The van der Waals surface area contributed by atoms with E-state index in [1.54, 1.807) is 32.4 Å². The number of allylic oxidation sites excluding steroid dienone is 2. The smallest absolute Gasteiger partial charge is 0.328 e. The molecule has 2 unspecified atom stereocenters. The maximum Gasteiger partial charge on any atom is 0.328 e. The maximum atomic E-state index is 10.7. The first kappa shape index (κ1) is 15.2. The predicted octanol–water partition coefficient (Wildman–Crippen LogP) is -0.101. The van der Waals surface area contributed by atoms with Gasteiger partial charge in [-0.15, -0.1) is 0 Å². The first-order valence-electron chi connectivity index (χ1n) is 5.81. The first-order valence-corrected chi connectivity index (χ1v) is 5.81. The van der Waals surface area contributed by atoms with Gasteiger partial charge in [-0.2, -0.15) is 0 Å². The van der Waals surface area contributed by atoms with Crippen molar-refractivity contribution in [2.45, 2.75) is 18.2 Å². The molecule has 1 heterocycles. The Balaban J connectivity index is 0.000000191. The van der Waals surface area contributed by atoms with E-state index in [0.29, 0.717) is 13.0 Å². The number of carboxylic acid groups (broad SMARTS) is 1. The molecule has 0 saturated carbocycles. The Morgan fingerprint density at radius 3 is 2.58 bits per heavy atom. The molecule has 2 atom stereocenters. The Hall–Kier alpha value is -1.86. The molecule has 7 nitrogen and oxygen atoms in total. The van der Waals surface area contributed by atoms with Crippen molar-refractivity contribution in [3.63, 3.8) is 0 Å². The molecule has 0 aromatic carbocycles. The third-order valence-corrected chi connectivity index (χ3v) is 2.95. The zero-order valence-electron chi connectivity index (χ0n) is 11.0. The van der Waals surface area contributed by atoms with Gasteiger partial charge in [-0.3, -0.25) is 0 Å². The van der Waals surface area contributed by atoms with E-state index < -0.39 is 11.5 Å². The number of hydrogen-bond acceptors (Lipinski definition) is 4. The van der Waals surface area contributed by atoms with Crippen LogP contribution in [0.1, 0.15) is 6.42 Å². The van der Waals surface area contributed by atoms with Crippen molar-refractivity contribution in [3.8, 4) is 0 Å². The number of amides is 2. The Morgan fingerprint density at radius 2 is 2.32 bits per heavy atom. The van der Waals surface area contributed by atoms with E-state index >= 15 is 0 Å². The Labute approximate surface area is 111 Å². The number of nitrogens with two attached hydrogens (primary N) is 1. The van der Waals surface area contributed by atoms with Crippen LogP contribution < -0.4 is 11.1 Å². The molecule has 19 heavy (non-hydrogen) atoms. The fourth-order valence-electron chi connectivity index (χ4n) is 1.60. The topological polar surface area (TPSA) is 105 Å². The molecule has 0 bridgehead atoms. The summed E-state index contributed by atoms with van der Waals surface area (Å²) in [6.45, 7) is 0.589. The number of nitrogens with one attached hydrogen (secondary N) is 1. The third kappa shape index (κ3) is 3.80. The minimum absolute atomic E-state index is 0.0677. The van der Waals surface area contributed by atoms with Gasteiger partial charge in [0.15, 0.2) is 6.23 Å². The third-order valence-electron chi connectivity index (χ3n) is 2.95. The molecule has 1 aliphatic heterocycles. The Bertz CT molecular complexity index is 408. The summed E-state index contributed by atoms with van der Waals surface area (Å²) in [6, 6.07) is -0.0677. The average Bonchev–Trinajstić information content (AvgIpc) is 2.71. The number of urea groups is 1. The molecule has 2 amide bonds. The number of aliphatic carboxylic acids is 1. The lowest BCUT2D eigenvalue weighted by molar-refractivity contribution is -0.141. The van der Waals surface area contributed by atoms with E-state index in [-0.39, 0.29) is 12.3 Å². The van der Waals surface area contributed by atoms with Gasteiger partial charge in [0.2, 0.25) is 0 Å². The normalized spacial score (nSPS) is 28.7. The van der Waals surface area contributed by atoms with E-state index in [9.17, 15) is 9.59 Å². The molecule has 1 fully saturated rings. The second-order valence-corrected chi connectivity index (χ2v) is 4.32. The average molecular weight is 269 g/mol. The lowest BCUT2D eigenvalue weighted by Gasteiger charge is -2.20. The number of rotatable bonds is 2. The predicted molar refractivity (Wildman–Crippen MR) is 69.4 cm³/mol. The second-order valence-electron chi connectivity index (χ2n) is 4.32. The van der Waals surface area contributed by atoms with Crippen LogP contribution in [0.4, 0.5) is 4.79 Å². The number of nitrogens with zero attached hydrogens (tertiary/aromatic N) is 1. The second kappa shape index (κ2) is 6.35. The van der Waals surface area contributed by atoms with Gasteiger partial charge in [-0.25, -0.2) is 9.59 Å². The molecule has 106 valence electrons. The van der Waals surface area contributed by atoms with Gasteiger partial charge in [0, 0.05) is 14.2 Å². The van der Waals surface area contributed by atoms with Crippen LogP contribution in [0.3, 0.4) is 0 Å². The van der Waals surface area contributed by atoms with Crippen LogP contribution in [-0.2, 0) is 9.53 Å². The Kier molecular flexibility index (Phi) is 5.08. The maximum absolute atomic E-state index is 10.7. The molecule has 2 rings (SSSR count). The van der Waals surface area contributed by atoms with Crippen molar-refractivity contribution < 1.29 is 19.4 Å². The standard InChI is InChI=1S/C7H9NO2.C5H10N2O2/c8-7(6(9)10)4-2-1-3-5-7;1-7-4(9-2)3-6-5(7)8/h1-4H,5,8H2,(H,9,10);4H,3H2,1-2H3,(H,6,8). The van der Waals surface area contributed by atoms with Crippen LogP contribution in [0, 0.1) is 0 Å². The molecule has 1 aliphatic carbocycles. The molecule has 0 aromatic heterocycles. The number of carboxylic acids is 1. The highest BCUT2D eigenvalue weighted by Crippen LogP contribution is 2.13. The van der Waals surface area contributed by atoms with Crippen LogP contribution in [0.5, 0.6) is 0 Å². The number of methoxy groups -OCH3 is 1. The molecule has 0 spiro atoms. The summed E-state index contributed by atoms with van der Waals surface area (Å²) in [5, 5.41) is 11.2. The van der Waals surface area contributed by atoms with Crippen molar-refractivity contribution in [1.29, 1.82) is 0 Å². The van der Waals surface area contributed by atoms with Crippen LogP contribution >= 0.6 is 0 Å². The summed E-state index contributed by atoms with van der Waals surface area (Å²) in [5.41, 5.74) is 4.29. The van der Waals surface area contributed by atoms with Crippen LogP contribution in [0.15, 0.2) is 24.3 Å². The van der Waals surface area contributed by atoms with E-state index in [1.165, 1.54) is 11.0 Å². The summed E-state index contributed by atoms with van der Waals surface area (Å²) in [4.78, 5) is 22.7. The minimum atomic E-state index is -1.17. The van der Waals surface area contributed by atoms with Gasteiger partial charge < -0.3 is 25.8 Å². The molecule has 1 saturated heterocycles. The van der Waals surface area contributed by atoms with Gasteiger partial charge in [-0.05, 0) is 6.42 Å². The number of ether oxygens (including phenoxy) is 1. The summed E-state index contributed by atoms with van der Waals surface area (Å²) >= 11 is 0. The van der Waals surface area contributed by atoms with Gasteiger partial charge >= 0.3 is 12.0 Å². The summed E-state index contributed by atoms with van der Waals surface area (Å²) in [6.07, 6.45) is 6.96. The van der Waals surface area contributed by atoms with Gasteiger partial charge in [0.05, 0.1) is 6.54 Å². The number of carbonyl (C=O) groups is 2. The largest absolute Gasteiger partial charge is 0.480 e. The fourth-order valence-corrected chi connectivity index (χ4v) is 1.60. The highest BCUT2D eigenvalue weighted by Gasteiger charge is 2.30. The highest BCUT2D eigenvalue weighted by atomic mass is 16.5. The number of hydrogen-bond donors (Lipinski definition) is 3. The van der Waals surface area contributed by atoms with Crippen molar-refractivity contribution >= 4 is 12.0 Å². The summed E-state index contributed by atoms with van der Waals surface area (Å²) < 4.78 is 4.94. The molecular formula is C12H19N3O4. The lowest BCUT2D eigenvalue weighted by Crippen LogP contribution is -2.46. The zero-order valence-corrected chi connectivity index (χ0v) is 11.0. The molecule has 7 heteroatoms. The summed E-state index contributed by atoms with van der Waals surface area (Å²) in [5.74, 6) is -0.979. The number of likely N-dealkylation sites (N-methyl/N-ethyl adjacent to an activating group) is 1. The van der Waals surface area contributed by atoms with Crippen LogP contribution in [-0.4, -0.2) is 54.5 Å².